The molecule has 0 fully saturated rings. The summed E-state index contributed by atoms with van der Waals surface area (Å²) in [5.74, 6) is -0.224. The van der Waals surface area contributed by atoms with Crippen LogP contribution in [0.25, 0.3) is 11.5 Å². The van der Waals surface area contributed by atoms with Gasteiger partial charge in [0.25, 0.3) is 0 Å². The Bertz CT molecular complexity index is 965. The molecule has 3 rings (SSSR count). The van der Waals surface area contributed by atoms with E-state index >= 15 is 0 Å². The van der Waals surface area contributed by atoms with Crippen molar-refractivity contribution in [2.75, 3.05) is 7.11 Å². The topological polar surface area (TPSA) is 69.4 Å². The summed E-state index contributed by atoms with van der Waals surface area (Å²) < 4.78 is 48.6. The first-order valence-corrected chi connectivity index (χ1v) is 9.31. The largest absolute Gasteiger partial charge is 0.497 e. The number of halogens is 1. The third kappa shape index (κ3) is 4.24. The summed E-state index contributed by atoms with van der Waals surface area (Å²) in [5, 5.41) is 0. The van der Waals surface area contributed by atoms with Gasteiger partial charge in [0.1, 0.15) is 17.8 Å². The van der Waals surface area contributed by atoms with Crippen molar-refractivity contribution >= 4 is 9.84 Å². The second-order valence-electron chi connectivity index (χ2n) is 5.50. The lowest BCUT2D eigenvalue weighted by Gasteiger charge is -2.03. The third-order valence-electron chi connectivity index (χ3n) is 3.59. The highest BCUT2D eigenvalue weighted by Gasteiger charge is 2.18. The molecule has 0 aliphatic carbocycles. The molecule has 0 spiro atoms. The first-order valence-electron chi connectivity index (χ1n) is 7.49. The second kappa shape index (κ2) is 7.06. The maximum atomic E-state index is 13.6. The van der Waals surface area contributed by atoms with Gasteiger partial charge in [0.05, 0.1) is 24.3 Å². The molecule has 0 bridgehead atoms. The molecule has 1 heterocycles. The van der Waals surface area contributed by atoms with Crippen molar-refractivity contribution < 1.29 is 22.0 Å². The number of nitrogens with zero attached hydrogens (tertiary/aromatic N) is 1. The fraction of sp³-hybridized carbons (Fsp3) is 0.167. The Morgan fingerprint density at radius 1 is 1.08 bits per heavy atom. The molecule has 0 saturated heterocycles. The number of methoxy groups -OCH3 is 1. The molecule has 7 heteroatoms. The van der Waals surface area contributed by atoms with Gasteiger partial charge in [0, 0.05) is 11.1 Å². The predicted octanol–water partition coefficient (Wildman–Crippen LogP) is 3.60. The van der Waals surface area contributed by atoms with Gasteiger partial charge in [-0.25, -0.2) is 17.8 Å². The molecule has 0 radical (unpaired) electrons. The van der Waals surface area contributed by atoms with E-state index in [4.69, 9.17) is 9.15 Å². The number of hydrogen-bond acceptors (Lipinski definition) is 5. The maximum Gasteiger partial charge on any atom is 0.226 e. The van der Waals surface area contributed by atoms with Gasteiger partial charge in [-0.1, -0.05) is 18.2 Å². The van der Waals surface area contributed by atoms with Gasteiger partial charge in [0.2, 0.25) is 5.89 Å². The fourth-order valence-electron chi connectivity index (χ4n) is 2.37. The summed E-state index contributed by atoms with van der Waals surface area (Å²) in [7, 11) is -2.00. The number of benzene rings is 2. The summed E-state index contributed by atoms with van der Waals surface area (Å²) in [6.45, 7) is 0. The molecule has 25 heavy (non-hydrogen) atoms. The van der Waals surface area contributed by atoms with Crippen LogP contribution in [0.3, 0.4) is 0 Å². The summed E-state index contributed by atoms with van der Waals surface area (Å²) in [4.78, 5) is 4.20. The number of aromatic nitrogens is 1. The van der Waals surface area contributed by atoms with Crippen LogP contribution in [0.5, 0.6) is 5.75 Å². The highest BCUT2D eigenvalue weighted by Crippen LogP contribution is 2.23. The zero-order valence-corrected chi connectivity index (χ0v) is 14.3. The van der Waals surface area contributed by atoms with Gasteiger partial charge < -0.3 is 9.15 Å². The maximum absolute atomic E-state index is 13.6. The first-order chi connectivity index (χ1) is 12.0. The fourth-order valence-corrected chi connectivity index (χ4v) is 3.76. The van der Waals surface area contributed by atoms with Crippen molar-refractivity contribution in [3.8, 4) is 17.2 Å². The van der Waals surface area contributed by atoms with E-state index in [1.807, 2.05) is 0 Å². The van der Waals surface area contributed by atoms with E-state index in [-0.39, 0.29) is 22.8 Å². The minimum atomic E-state index is -3.57. The number of rotatable bonds is 6. The number of oxazole rings is 1. The van der Waals surface area contributed by atoms with Crippen LogP contribution in [0.4, 0.5) is 4.39 Å². The van der Waals surface area contributed by atoms with E-state index in [9.17, 15) is 12.8 Å². The Labute approximate surface area is 145 Å². The van der Waals surface area contributed by atoms with Crippen molar-refractivity contribution in [1.82, 2.24) is 4.98 Å². The minimum absolute atomic E-state index is 0.140. The van der Waals surface area contributed by atoms with Crippen LogP contribution in [-0.2, 0) is 21.3 Å². The van der Waals surface area contributed by atoms with Gasteiger partial charge in [-0.2, -0.15) is 0 Å². The lowest BCUT2D eigenvalue weighted by Crippen LogP contribution is -2.09. The van der Waals surface area contributed by atoms with Gasteiger partial charge in [-0.3, -0.25) is 0 Å². The van der Waals surface area contributed by atoms with Crippen LogP contribution >= 0.6 is 0 Å². The molecular weight excluding hydrogens is 345 g/mol. The van der Waals surface area contributed by atoms with E-state index in [0.717, 1.165) is 0 Å². The standard InChI is InChI=1S/C18H16FNO4S/c1-23-16-8-6-13(7-9-16)18-20-15(10-24-18)12-25(21,22)11-14-4-2-3-5-17(14)19/h2-10H,11-12H2,1H3. The van der Waals surface area contributed by atoms with Crippen LogP contribution in [-0.4, -0.2) is 20.5 Å². The monoisotopic (exact) mass is 361 g/mol. The molecule has 2 aromatic carbocycles. The lowest BCUT2D eigenvalue weighted by atomic mass is 10.2. The van der Waals surface area contributed by atoms with E-state index in [0.29, 0.717) is 17.2 Å². The van der Waals surface area contributed by atoms with Gasteiger partial charge in [0.15, 0.2) is 9.84 Å². The van der Waals surface area contributed by atoms with Crippen LogP contribution in [0, 0.1) is 5.82 Å². The average Bonchev–Trinajstić information content (AvgIpc) is 3.04. The first kappa shape index (κ1) is 17.2. The Hall–Kier alpha value is -2.67. The van der Waals surface area contributed by atoms with Crippen LogP contribution in [0.1, 0.15) is 11.3 Å². The van der Waals surface area contributed by atoms with E-state index in [1.54, 1.807) is 37.4 Å². The molecule has 0 aliphatic rings. The zero-order chi connectivity index (χ0) is 17.9. The van der Waals surface area contributed by atoms with Gasteiger partial charge in [-0.05, 0) is 30.3 Å². The molecule has 1 aromatic heterocycles. The summed E-state index contributed by atoms with van der Waals surface area (Å²) >= 11 is 0. The molecule has 0 unspecified atom stereocenters. The highest BCUT2D eigenvalue weighted by molar-refractivity contribution is 7.89. The zero-order valence-electron chi connectivity index (χ0n) is 13.5. The molecule has 0 aliphatic heterocycles. The normalized spacial score (nSPS) is 11.4. The Balaban J connectivity index is 1.75. The van der Waals surface area contributed by atoms with Crippen molar-refractivity contribution in [3.05, 3.63) is 71.9 Å². The Morgan fingerprint density at radius 2 is 1.80 bits per heavy atom. The highest BCUT2D eigenvalue weighted by atomic mass is 32.2. The summed E-state index contributed by atoms with van der Waals surface area (Å²) in [6.07, 6.45) is 1.30. The van der Waals surface area contributed by atoms with E-state index in [1.165, 1.54) is 24.5 Å². The Kier molecular flexibility index (Phi) is 4.85. The van der Waals surface area contributed by atoms with Crippen molar-refractivity contribution in [3.63, 3.8) is 0 Å². The van der Waals surface area contributed by atoms with Gasteiger partial charge in [-0.15, -0.1) is 0 Å². The molecule has 0 atom stereocenters. The van der Waals surface area contributed by atoms with Gasteiger partial charge >= 0.3 is 0 Å². The second-order valence-corrected chi connectivity index (χ2v) is 7.56. The predicted molar refractivity (Wildman–Crippen MR) is 91.2 cm³/mol. The average molecular weight is 361 g/mol. The molecule has 5 nitrogen and oxygen atoms in total. The molecule has 0 amide bonds. The van der Waals surface area contributed by atoms with Crippen molar-refractivity contribution in [2.24, 2.45) is 0 Å². The van der Waals surface area contributed by atoms with Crippen molar-refractivity contribution in [1.29, 1.82) is 0 Å². The van der Waals surface area contributed by atoms with Crippen LogP contribution in [0.15, 0.2) is 59.2 Å². The molecular formula is C18H16FNO4S. The quantitative estimate of drug-likeness (QED) is 0.671. The van der Waals surface area contributed by atoms with Crippen LogP contribution < -0.4 is 4.74 Å². The third-order valence-corrected chi connectivity index (χ3v) is 5.08. The summed E-state index contributed by atoms with van der Waals surface area (Å²) in [5.41, 5.74) is 1.13. The SMILES string of the molecule is COc1ccc(-c2nc(CS(=O)(=O)Cc3ccccc3F)co2)cc1. The van der Waals surface area contributed by atoms with Crippen LogP contribution in [0.2, 0.25) is 0 Å². The smallest absolute Gasteiger partial charge is 0.226 e. The lowest BCUT2D eigenvalue weighted by molar-refractivity contribution is 0.415. The molecule has 0 saturated carbocycles. The molecule has 3 aromatic rings. The molecule has 0 N–H and O–H groups in total. The summed E-state index contributed by atoms with van der Waals surface area (Å²) in [6, 6.07) is 12.9. The number of sulfone groups is 1. The van der Waals surface area contributed by atoms with Crippen molar-refractivity contribution in [2.45, 2.75) is 11.5 Å². The molecule has 130 valence electrons. The number of ether oxygens (including phenoxy) is 1. The number of hydrogen-bond donors (Lipinski definition) is 0. The minimum Gasteiger partial charge on any atom is -0.497 e. The van der Waals surface area contributed by atoms with E-state index in [2.05, 4.69) is 4.98 Å². The Morgan fingerprint density at radius 3 is 2.48 bits per heavy atom. The van der Waals surface area contributed by atoms with E-state index < -0.39 is 15.7 Å².